The van der Waals surface area contributed by atoms with Crippen molar-refractivity contribution in [2.75, 3.05) is 11.9 Å². The molecule has 1 heterocycles. The van der Waals surface area contributed by atoms with Gasteiger partial charge in [0.05, 0.1) is 18.8 Å². The molecule has 1 N–H and O–H groups in total. The van der Waals surface area contributed by atoms with E-state index in [-0.39, 0.29) is 0 Å². The number of anilines is 1. The highest BCUT2D eigenvalue weighted by Gasteiger charge is 1.96. The van der Waals surface area contributed by atoms with Gasteiger partial charge in [0.2, 0.25) is 0 Å². The van der Waals surface area contributed by atoms with Gasteiger partial charge < -0.3 is 10.1 Å². The fourth-order valence-electron chi connectivity index (χ4n) is 1.45. The van der Waals surface area contributed by atoms with Gasteiger partial charge in [0.15, 0.2) is 0 Å². The minimum atomic E-state index is 0.688. The van der Waals surface area contributed by atoms with Gasteiger partial charge in [-0.3, -0.25) is 0 Å². The molecule has 0 saturated carbocycles. The van der Waals surface area contributed by atoms with E-state index >= 15 is 0 Å². The maximum absolute atomic E-state index is 5.38. The van der Waals surface area contributed by atoms with Crippen LogP contribution in [-0.2, 0) is 6.54 Å². The highest BCUT2D eigenvalue weighted by atomic mass is 16.5. The highest BCUT2D eigenvalue weighted by molar-refractivity contribution is 5.46. The van der Waals surface area contributed by atoms with Crippen molar-refractivity contribution in [2.45, 2.75) is 13.5 Å². The molecule has 2 aromatic rings. The monoisotopic (exact) mass is 229 g/mol. The molecule has 88 valence electrons. The fourth-order valence-corrected chi connectivity index (χ4v) is 1.45. The van der Waals surface area contributed by atoms with E-state index in [2.05, 4.69) is 15.3 Å². The molecule has 0 amide bonds. The lowest BCUT2D eigenvalue weighted by Crippen LogP contribution is -2.01. The van der Waals surface area contributed by atoms with Crippen LogP contribution in [0, 0.1) is 0 Å². The Bertz CT molecular complexity index is 442. The lowest BCUT2D eigenvalue weighted by molar-refractivity contribution is 0.340. The van der Waals surface area contributed by atoms with E-state index in [1.165, 1.54) is 0 Å². The molecule has 0 atom stereocenters. The summed E-state index contributed by atoms with van der Waals surface area (Å²) >= 11 is 0. The standard InChI is InChI=1S/C13H15N3O/c1-2-17-13-5-3-11(4-6-13)15-9-12-7-8-14-10-16-12/h3-8,10,15H,2,9H2,1H3. The van der Waals surface area contributed by atoms with Crippen LogP contribution in [0.1, 0.15) is 12.6 Å². The number of aromatic nitrogens is 2. The predicted molar refractivity (Wildman–Crippen MR) is 67.0 cm³/mol. The van der Waals surface area contributed by atoms with E-state index in [0.717, 1.165) is 17.1 Å². The van der Waals surface area contributed by atoms with Crippen molar-refractivity contribution in [3.63, 3.8) is 0 Å². The molecule has 17 heavy (non-hydrogen) atoms. The molecule has 1 aromatic carbocycles. The minimum absolute atomic E-state index is 0.688. The van der Waals surface area contributed by atoms with Crippen LogP contribution < -0.4 is 10.1 Å². The van der Waals surface area contributed by atoms with E-state index in [0.29, 0.717) is 13.2 Å². The van der Waals surface area contributed by atoms with Gasteiger partial charge in [0.25, 0.3) is 0 Å². The molecule has 0 unspecified atom stereocenters. The van der Waals surface area contributed by atoms with E-state index in [9.17, 15) is 0 Å². The fraction of sp³-hybridized carbons (Fsp3) is 0.231. The molecule has 0 saturated heterocycles. The lowest BCUT2D eigenvalue weighted by atomic mass is 10.3. The van der Waals surface area contributed by atoms with E-state index in [4.69, 9.17) is 4.74 Å². The number of ether oxygens (including phenoxy) is 1. The number of nitrogens with one attached hydrogen (secondary N) is 1. The Labute approximate surface area is 101 Å². The molecule has 1 aromatic heterocycles. The van der Waals surface area contributed by atoms with E-state index < -0.39 is 0 Å². The van der Waals surface area contributed by atoms with E-state index in [1.54, 1.807) is 12.5 Å². The Morgan fingerprint density at radius 3 is 2.65 bits per heavy atom. The third-order valence-corrected chi connectivity index (χ3v) is 2.28. The average Bonchev–Trinajstić information content (AvgIpc) is 2.40. The molecule has 0 radical (unpaired) electrons. The smallest absolute Gasteiger partial charge is 0.119 e. The van der Waals surface area contributed by atoms with Gasteiger partial charge in [-0.05, 0) is 37.3 Å². The van der Waals surface area contributed by atoms with Crippen LogP contribution in [0.25, 0.3) is 0 Å². The molecular formula is C13H15N3O. The summed E-state index contributed by atoms with van der Waals surface area (Å²) < 4.78 is 5.38. The molecule has 0 aliphatic rings. The van der Waals surface area contributed by atoms with Crippen molar-refractivity contribution in [2.24, 2.45) is 0 Å². The maximum Gasteiger partial charge on any atom is 0.119 e. The van der Waals surface area contributed by atoms with Crippen LogP contribution in [0.3, 0.4) is 0 Å². The minimum Gasteiger partial charge on any atom is -0.494 e. The van der Waals surface area contributed by atoms with Gasteiger partial charge in [-0.1, -0.05) is 0 Å². The van der Waals surface area contributed by atoms with Crippen LogP contribution in [0.2, 0.25) is 0 Å². The van der Waals surface area contributed by atoms with Crippen LogP contribution >= 0.6 is 0 Å². The normalized spacial score (nSPS) is 9.94. The second kappa shape index (κ2) is 5.84. The van der Waals surface area contributed by atoms with Gasteiger partial charge in [-0.2, -0.15) is 0 Å². The van der Waals surface area contributed by atoms with Gasteiger partial charge in [0.1, 0.15) is 12.1 Å². The summed E-state index contributed by atoms with van der Waals surface area (Å²) in [6.07, 6.45) is 3.29. The van der Waals surface area contributed by atoms with Crippen molar-refractivity contribution >= 4 is 5.69 Å². The zero-order valence-electron chi connectivity index (χ0n) is 9.76. The van der Waals surface area contributed by atoms with Crippen molar-refractivity contribution < 1.29 is 4.74 Å². The molecule has 0 aliphatic heterocycles. The maximum atomic E-state index is 5.38. The predicted octanol–water partition coefficient (Wildman–Crippen LogP) is 2.49. The largest absolute Gasteiger partial charge is 0.494 e. The van der Waals surface area contributed by atoms with E-state index in [1.807, 2.05) is 37.3 Å². The van der Waals surface area contributed by atoms with Gasteiger partial charge in [0, 0.05) is 11.9 Å². The molecule has 0 spiro atoms. The Balaban J connectivity index is 1.91. The van der Waals surface area contributed by atoms with Crippen molar-refractivity contribution in [3.8, 4) is 5.75 Å². The quantitative estimate of drug-likeness (QED) is 0.855. The van der Waals surface area contributed by atoms with Crippen molar-refractivity contribution in [1.82, 2.24) is 9.97 Å². The number of benzene rings is 1. The molecular weight excluding hydrogens is 214 g/mol. The first-order valence-corrected chi connectivity index (χ1v) is 5.60. The van der Waals surface area contributed by atoms with Crippen molar-refractivity contribution in [1.29, 1.82) is 0 Å². The topological polar surface area (TPSA) is 47.0 Å². The summed E-state index contributed by atoms with van der Waals surface area (Å²) in [7, 11) is 0. The number of hydrogen-bond donors (Lipinski definition) is 1. The summed E-state index contributed by atoms with van der Waals surface area (Å²) in [6, 6.07) is 9.78. The molecule has 4 nitrogen and oxygen atoms in total. The number of rotatable bonds is 5. The second-order valence-electron chi connectivity index (χ2n) is 3.51. The number of nitrogens with zero attached hydrogens (tertiary/aromatic N) is 2. The van der Waals surface area contributed by atoms with Gasteiger partial charge in [-0.15, -0.1) is 0 Å². The summed E-state index contributed by atoms with van der Waals surface area (Å²) in [5.74, 6) is 0.889. The second-order valence-corrected chi connectivity index (χ2v) is 3.51. The average molecular weight is 229 g/mol. The van der Waals surface area contributed by atoms with Crippen molar-refractivity contribution in [3.05, 3.63) is 48.5 Å². The molecule has 0 aliphatic carbocycles. The highest BCUT2D eigenvalue weighted by Crippen LogP contribution is 2.15. The van der Waals surface area contributed by atoms with Crippen LogP contribution in [0.4, 0.5) is 5.69 Å². The lowest BCUT2D eigenvalue weighted by Gasteiger charge is -2.07. The summed E-state index contributed by atoms with van der Waals surface area (Å²) in [6.45, 7) is 3.35. The zero-order chi connectivity index (χ0) is 11.9. The van der Waals surface area contributed by atoms with Crippen LogP contribution in [0.5, 0.6) is 5.75 Å². The first-order chi connectivity index (χ1) is 8.38. The summed E-state index contributed by atoms with van der Waals surface area (Å²) in [4.78, 5) is 8.02. The molecule has 2 rings (SSSR count). The summed E-state index contributed by atoms with van der Waals surface area (Å²) in [5, 5.41) is 3.28. The third-order valence-electron chi connectivity index (χ3n) is 2.28. The summed E-state index contributed by atoms with van der Waals surface area (Å²) in [5.41, 5.74) is 2.01. The SMILES string of the molecule is CCOc1ccc(NCc2ccncn2)cc1. The Hall–Kier alpha value is -2.10. The zero-order valence-corrected chi connectivity index (χ0v) is 9.76. The number of hydrogen-bond acceptors (Lipinski definition) is 4. The van der Waals surface area contributed by atoms with Crippen LogP contribution in [0.15, 0.2) is 42.9 Å². The first kappa shape index (κ1) is 11.4. The Morgan fingerprint density at radius 1 is 1.18 bits per heavy atom. The van der Waals surface area contributed by atoms with Gasteiger partial charge in [-0.25, -0.2) is 9.97 Å². The molecule has 4 heteroatoms. The third kappa shape index (κ3) is 3.45. The van der Waals surface area contributed by atoms with Gasteiger partial charge >= 0.3 is 0 Å². The Morgan fingerprint density at radius 2 is 2.00 bits per heavy atom. The molecule has 0 fully saturated rings. The van der Waals surface area contributed by atoms with Crippen LogP contribution in [-0.4, -0.2) is 16.6 Å². The molecule has 0 bridgehead atoms. The first-order valence-electron chi connectivity index (χ1n) is 5.60. The Kier molecular flexibility index (Phi) is 3.91.